The van der Waals surface area contributed by atoms with E-state index >= 15 is 0 Å². The summed E-state index contributed by atoms with van der Waals surface area (Å²) in [7, 11) is -3.96. The maximum Gasteiger partial charge on any atom is 0.246 e. The number of aromatic nitrogens is 1. The first-order chi connectivity index (χ1) is 11.0. The summed E-state index contributed by atoms with van der Waals surface area (Å²) in [5.74, 6) is -1.87. The van der Waals surface area contributed by atoms with Crippen molar-refractivity contribution in [2.24, 2.45) is 0 Å². The molecule has 1 aromatic heterocycles. The van der Waals surface area contributed by atoms with Crippen molar-refractivity contribution in [3.05, 3.63) is 54.4 Å². The number of anilines is 1. The zero-order valence-corrected chi connectivity index (χ0v) is 13.0. The Morgan fingerprint density at radius 1 is 0.957 bits per heavy atom. The zero-order valence-electron chi connectivity index (χ0n) is 12.2. The van der Waals surface area contributed by atoms with E-state index in [4.69, 9.17) is 0 Å². The summed E-state index contributed by atoms with van der Waals surface area (Å²) >= 11 is 0. The van der Waals surface area contributed by atoms with E-state index in [0.29, 0.717) is 19.2 Å². The molecule has 1 saturated heterocycles. The quantitative estimate of drug-likeness (QED) is 0.857. The fourth-order valence-corrected chi connectivity index (χ4v) is 4.03. The Bertz CT molecular complexity index is 792. The van der Waals surface area contributed by atoms with E-state index in [-0.39, 0.29) is 13.1 Å². The van der Waals surface area contributed by atoms with Crippen LogP contribution in [0.25, 0.3) is 0 Å². The van der Waals surface area contributed by atoms with Crippen molar-refractivity contribution in [2.75, 3.05) is 31.1 Å². The first-order valence-electron chi connectivity index (χ1n) is 7.08. The molecule has 1 aromatic carbocycles. The van der Waals surface area contributed by atoms with Crippen LogP contribution in [0, 0.1) is 11.6 Å². The van der Waals surface area contributed by atoms with E-state index in [1.807, 2.05) is 17.0 Å². The van der Waals surface area contributed by atoms with Crippen molar-refractivity contribution >= 4 is 15.7 Å². The van der Waals surface area contributed by atoms with Gasteiger partial charge in [0.2, 0.25) is 10.0 Å². The number of halogens is 2. The predicted octanol–water partition coefficient (Wildman–Crippen LogP) is 1.87. The number of hydrogen-bond donors (Lipinski definition) is 0. The summed E-state index contributed by atoms with van der Waals surface area (Å²) < 4.78 is 53.0. The van der Waals surface area contributed by atoms with Gasteiger partial charge < -0.3 is 4.90 Å². The monoisotopic (exact) mass is 339 g/mol. The molecule has 8 heteroatoms. The highest BCUT2D eigenvalue weighted by Crippen LogP contribution is 2.23. The van der Waals surface area contributed by atoms with E-state index < -0.39 is 26.6 Å². The van der Waals surface area contributed by atoms with Gasteiger partial charge in [0.1, 0.15) is 16.5 Å². The average molecular weight is 339 g/mol. The maximum atomic E-state index is 13.8. The fourth-order valence-electron chi connectivity index (χ4n) is 2.57. The first-order valence-corrected chi connectivity index (χ1v) is 8.53. The Morgan fingerprint density at radius 2 is 1.61 bits per heavy atom. The van der Waals surface area contributed by atoms with Crippen LogP contribution in [0.2, 0.25) is 0 Å². The minimum absolute atomic E-state index is 0.238. The molecule has 0 spiro atoms. The second-order valence-corrected chi connectivity index (χ2v) is 7.08. The molecule has 122 valence electrons. The van der Waals surface area contributed by atoms with E-state index in [9.17, 15) is 17.2 Å². The lowest BCUT2D eigenvalue weighted by atomic mass is 10.3. The van der Waals surface area contributed by atoms with Gasteiger partial charge in [0.15, 0.2) is 0 Å². The second kappa shape index (κ2) is 6.21. The van der Waals surface area contributed by atoms with E-state index in [1.54, 1.807) is 12.4 Å². The zero-order chi connectivity index (χ0) is 16.4. The van der Waals surface area contributed by atoms with E-state index in [2.05, 4.69) is 4.98 Å². The SMILES string of the molecule is O=S(=O)(c1ccc(F)cc1F)N1CCN(c2ccncc2)CC1. The second-order valence-electron chi connectivity index (χ2n) is 5.17. The van der Waals surface area contributed by atoms with Crippen LogP contribution < -0.4 is 4.90 Å². The van der Waals surface area contributed by atoms with Crippen LogP contribution in [0.4, 0.5) is 14.5 Å². The third-order valence-electron chi connectivity index (χ3n) is 3.78. The van der Waals surface area contributed by atoms with Gasteiger partial charge in [0.05, 0.1) is 0 Å². The highest BCUT2D eigenvalue weighted by Gasteiger charge is 2.30. The average Bonchev–Trinajstić information content (AvgIpc) is 2.55. The van der Waals surface area contributed by atoms with E-state index in [1.165, 1.54) is 4.31 Å². The van der Waals surface area contributed by atoms with Crippen molar-refractivity contribution in [1.82, 2.24) is 9.29 Å². The van der Waals surface area contributed by atoms with Gasteiger partial charge in [0, 0.05) is 50.3 Å². The topological polar surface area (TPSA) is 53.5 Å². The molecule has 3 rings (SSSR count). The van der Waals surface area contributed by atoms with Gasteiger partial charge in [-0.05, 0) is 24.3 Å². The number of benzene rings is 1. The number of piperazine rings is 1. The van der Waals surface area contributed by atoms with Crippen LogP contribution in [0.5, 0.6) is 0 Å². The molecule has 1 aliphatic rings. The molecule has 1 aliphatic heterocycles. The Kier molecular flexibility index (Phi) is 4.27. The molecule has 0 aliphatic carbocycles. The minimum Gasteiger partial charge on any atom is -0.369 e. The molecular formula is C15H15F2N3O2S. The van der Waals surface area contributed by atoms with Crippen LogP contribution in [-0.4, -0.2) is 43.9 Å². The van der Waals surface area contributed by atoms with Crippen molar-refractivity contribution in [1.29, 1.82) is 0 Å². The van der Waals surface area contributed by atoms with Gasteiger partial charge in [-0.2, -0.15) is 4.31 Å². The predicted molar refractivity (Wildman–Crippen MR) is 81.6 cm³/mol. The third kappa shape index (κ3) is 3.18. The summed E-state index contributed by atoms with van der Waals surface area (Å²) in [6, 6.07) is 6.20. The molecule has 0 radical (unpaired) electrons. The Labute approximate surface area is 133 Å². The van der Waals surface area contributed by atoms with Crippen LogP contribution >= 0.6 is 0 Å². The lowest BCUT2D eigenvalue weighted by Crippen LogP contribution is -2.48. The molecule has 0 atom stereocenters. The first kappa shape index (κ1) is 15.8. The Morgan fingerprint density at radius 3 is 2.22 bits per heavy atom. The molecule has 0 unspecified atom stereocenters. The van der Waals surface area contributed by atoms with Gasteiger partial charge >= 0.3 is 0 Å². The minimum atomic E-state index is -3.96. The number of pyridine rings is 1. The molecular weight excluding hydrogens is 324 g/mol. The van der Waals surface area contributed by atoms with Crippen LogP contribution in [0.1, 0.15) is 0 Å². The van der Waals surface area contributed by atoms with Crippen molar-refractivity contribution in [3.8, 4) is 0 Å². The number of nitrogens with zero attached hydrogens (tertiary/aromatic N) is 3. The molecule has 23 heavy (non-hydrogen) atoms. The van der Waals surface area contributed by atoms with Crippen LogP contribution in [0.3, 0.4) is 0 Å². The number of rotatable bonds is 3. The van der Waals surface area contributed by atoms with Crippen LogP contribution in [-0.2, 0) is 10.0 Å². The molecule has 0 bridgehead atoms. The Hall–Kier alpha value is -2.06. The lowest BCUT2D eigenvalue weighted by Gasteiger charge is -2.35. The molecule has 2 heterocycles. The largest absolute Gasteiger partial charge is 0.369 e. The summed E-state index contributed by atoms with van der Waals surface area (Å²) in [5, 5.41) is 0. The van der Waals surface area contributed by atoms with Gasteiger partial charge in [-0.3, -0.25) is 4.98 Å². The molecule has 0 amide bonds. The summed E-state index contributed by atoms with van der Waals surface area (Å²) in [6.07, 6.45) is 3.35. The number of hydrogen-bond acceptors (Lipinski definition) is 4. The third-order valence-corrected chi connectivity index (χ3v) is 5.71. The number of sulfonamides is 1. The maximum absolute atomic E-state index is 13.8. The van der Waals surface area contributed by atoms with Crippen molar-refractivity contribution < 1.29 is 17.2 Å². The highest BCUT2D eigenvalue weighted by atomic mass is 32.2. The van der Waals surface area contributed by atoms with Gasteiger partial charge in [-0.1, -0.05) is 0 Å². The molecule has 1 fully saturated rings. The normalized spacial score (nSPS) is 16.5. The lowest BCUT2D eigenvalue weighted by molar-refractivity contribution is 0.382. The fraction of sp³-hybridized carbons (Fsp3) is 0.267. The van der Waals surface area contributed by atoms with E-state index in [0.717, 1.165) is 17.8 Å². The summed E-state index contributed by atoms with van der Waals surface area (Å²) in [4.78, 5) is 5.49. The van der Waals surface area contributed by atoms with Crippen LogP contribution in [0.15, 0.2) is 47.6 Å². The van der Waals surface area contributed by atoms with Gasteiger partial charge in [-0.25, -0.2) is 17.2 Å². The standard InChI is InChI=1S/C15H15F2N3O2S/c16-12-1-2-15(14(17)11-12)23(21,22)20-9-7-19(8-10-20)13-3-5-18-6-4-13/h1-6,11H,7-10H2. The molecule has 0 N–H and O–H groups in total. The molecule has 5 nitrogen and oxygen atoms in total. The Balaban J connectivity index is 1.76. The van der Waals surface area contributed by atoms with Crippen molar-refractivity contribution in [2.45, 2.75) is 4.90 Å². The molecule has 0 saturated carbocycles. The smallest absolute Gasteiger partial charge is 0.246 e. The summed E-state index contributed by atoms with van der Waals surface area (Å²) in [6.45, 7) is 1.46. The summed E-state index contributed by atoms with van der Waals surface area (Å²) in [5.41, 5.74) is 0.963. The molecule has 2 aromatic rings. The van der Waals surface area contributed by atoms with Gasteiger partial charge in [-0.15, -0.1) is 0 Å². The highest BCUT2D eigenvalue weighted by molar-refractivity contribution is 7.89. The van der Waals surface area contributed by atoms with Gasteiger partial charge in [0.25, 0.3) is 0 Å². The van der Waals surface area contributed by atoms with Crippen molar-refractivity contribution in [3.63, 3.8) is 0 Å².